The Kier molecular flexibility index (Phi) is 5.01. The molecule has 0 aromatic heterocycles. The highest BCUT2D eigenvalue weighted by atomic mass is 32.2. The molecule has 0 aromatic rings. The van der Waals surface area contributed by atoms with Crippen molar-refractivity contribution in [1.82, 2.24) is 4.72 Å². The minimum atomic E-state index is -1.37. The molecule has 4 nitrogen and oxygen atoms in total. The Morgan fingerprint density at radius 1 is 1.64 bits per heavy atom. The Balaban J connectivity index is 4.38. The van der Waals surface area contributed by atoms with E-state index in [1.54, 1.807) is 20.8 Å². The quantitative estimate of drug-likeness (QED) is 0.680. The van der Waals surface area contributed by atoms with Crippen molar-refractivity contribution in [3.05, 3.63) is 12.7 Å². The number of hydrogen-bond acceptors (Lipinski definition) is 2. The van der Waals surface area contributed by atoms with Crippen LogP contribution in [0.3, 0.4) is 0 Å². The maximum Gasteiger partial charge on any atom is 0.321 e. The van der Waals surface area contributed by atoms with Crippen molar-refractivity contribution in [3.63, 3.8) is 0 Å². The van der Waals surface area contributed by atoms with Gasteiger partial charge >= 0.3 is 5.97 Å². The molecule has 0 heterocycles. The number of aliphatic carboxylic acids is 1. The monoisotopic (exact) mass is 219 g/mol. The van der Waals surface area contributed by atoms with Gasteiger partial charge in [-0.05, 0) is 27.2 Å². The smallest absolute Gasteiger partial charge is 0.321 e. The molecule has 5 heteroatoms. The molecule has 0 unspecified atom stereocenters. The van der Waals surface area contributed by atoms with Crippen molar-refractivity contribution in [2.45, 2.75) is 38.0 Å². The normalized spacial score (nSPS) is 15.9. The maximum absolute atomic E-state index is 11.6. The average Bonchev–Trinajstić information content (AvgIpc) is 2.01. The molecule has 0 spiro atoms. The van der Waals surface area contributed by atoms with E-state index < -0.39 is 27.7 Å². The van der Waals surface area contributed by atoms with E-state index in [1.807, 2.05) is 0 Å². The highest BCUT2D eigenvalue weighted by molar-refractivity contribution is 7.84. The molecule has 0 saturated heterocycles. The fourth-order valence-corrected chi connectivity index (χ4v) is 1.48. The zero-order chi connectivity index (χ0) is 11.4. The van der Waals surface area contributed by atoms with Gasteiger partial charge in [0, 0.05) is 0 Å². The van der Waals surface area contributed by atoms with Gasteiger partial charge in [-0.1, -0.05) is 6.08 Å². The summed E-state index contributed by atoms with van der Waals surface area (Å²) in [6.45, 7) is 8.79. The van der Waals surface area contributed by atoms with Crippen LogP contribution >= 0.6 is 0 Å². The third-order valence-corrected chi connectivity index (χ3v) is 3.12. The molecular weight excluding hydrogens is 202 g/mol. The van der Waals surface area contributed by atoms with Crippen LogP contribution in [0.2, 0.25) is 0 Å². The Morgan fingerprint density at radius 2 is 2.14 bits per heavy atom. The van der Waals surface area contributed by atoms with Crippen LogP contribution in [0.4, 0.5) is 0 Å². The van der Waals surface area contributed by atoms with Crippen molar-refractivity contribution in [2.75, 3.05) is 0 Å². The van der Waals surface area contributed by atoms with E-state index in [0.29, 0.717) is 0 Å². The first-order valence-electron chi connectivity index (χ1n) is 4.30. The summed E-state index contributed by atoms with van der Waals surface area (Å²) in [7, 11) is -1.37. The summed E-state index contributed by atoms with van der Waals surface area (Å²) >= 11 is 0. The molecule has 0 radical (unpaired) electrons. The van der Waals surface area contributed by atoms with E-state index in [-0.39, 0.29) is 6.42 Å². The molecule has 2 atom stereocenters. The second-order valence-electron chi connectivity index (χ2n) is 3.91. The zero-order valence-corrected chi connectivity index (χ0v) is 9.56. The molecule has 0 aromatic carbocycles. The summed E-state index contributed by atoms with van der Waals surface area (Å²) in [5, 5.41) is 8.77. The molecule has 0 bridgehead atoms. The van der Waals surface area contributed by atoms with Gasteiger partial charge in [0.05, 0.1) is 15.7 Å². The van der Waals surface area contributed by atoms with Gasteiger partial charge in [0.15, 0.2) is 0 Å². The first-order valence-corrected chi connectivity index (χ1v) is 5.45. The van der Waals surface area contributed by atoms with Gasteiger partial charge in [-0.15, -0.1) is 6.58 Å². The third kappa shape index (κ3) is 4.53. The van der Waals surface area contributed by atoms with Crippen LogP contribution in [-0.4, -0.2) is 26.1 Å². The number of carboxylic acids is 1. The number of carbonyl (C=O) groups is 1. The minimum absolute atomic E-state index is 0.261. The highest BCUT2D eigenvalue weighted by Gasteiger charge is 2.25. The highest BCUT2D eigenvalue weighted by Crippen LogP contribution is 2.10. The Morgan fingerprint density at radius 3 is 2.43 bits per heavy atom. The summed E-state index contributed by atoms with van der Waals surface area (Å²) in [6, 6.07) is -0.826. The van der Waals surface area contributed by atoms with Crippen molar-refractivity contribution in [1.29, 1.82) is 0 Å². The van der Waals surface area contributed by atoms with Gasteiger partial charge in [0.2, 0.25) is 0 Å². The van der Waals surface area contributed by atoms with Gasteiger partial charge < -0.3 is 5.11 Å². The summed E-state index contributed by atoms with van der Waals surface area (Å²) in [5.41, 5.74) is 0. The lowest BCUT2D eigenvalue weighted by Gasteiger charge is -2.21. The molecule has 0 aliphatic carbocycles. The van der Waals surface area contributed by atoms with Gasteiger partial charge in [-0.2, -0.15) is 0 Å². The molecule has 2 N–H and O–H groups in total. The Labute approximate surface area is 87.0 Å². The van der Waals surface area contributed by atoms with Crippen LogP contribution in [0.25, 0.3) is 0 Å². The van der Waals surface area contributed by atoms with Gasteiger partial charge in [0.25, 0.3) is 0 Å². The molecule has 0 aliphatic rings. The third-order valence-electron chi connectivity index (χ3n) is 1.51. The molecule has 0 aliphatic heterocycles. The number of nitrogens with one attached hydrogen (secondary N) is 1. The van der Waals surface area contributed by atoms with Crippen molar-refractivity contribution in [3.8, 4) is 0 Å². The first-order chi connectivity index (χ1) is 6.29. The minimum Gasteiger partial charge on any atom is -0.480 e. The molecule has 0 rings (SSSR count). The fraction of sp³-hybridized carbons (Fsp3) is 0.667. The van der Waals surface area contributed by atoms with E-state index in [2.05, 4.69) is 11.3 Å². The van der Waals surface area contributed by atoms with Crippen molar-refractivity contribution in [2.24, 2.45) is 0 Å². The predicted molar refractivity (Wildman–Crippen MR) is 57.3 cm³/mol. The van der Waals surface area contributed by atoms with Crippen LogP contribution in [-0.2, 0) is 15.8 Å². The van der Waals surface area contributed by atoms with Crippen LogP contribution < -0.4 is 4.72 Å². The van der Waals surface area contributed by atoms with Crippen LogP contribution in [0.15, 0.2) is 12.7 Å². The van der Waals surface area contributed by atoms with Crippen molar-refractivity contribution >= 4 is 17.0 Å². The molecule has 0 amide bonds. The average molecular weight is 219 g/mol. The number of rotatable bonds is 5. The lowest BCUT2D eigenvalue weighted by molar-refractivity contribution is -0.138. The molecule has 0 fully saturated rings. The van der Waals surface area contributed by atoms with E-state index in [0.717, 1.165) is 0 Å². The maximum atomic E-state index is 11.6. The largest absolute Gasteiger partial charge is 0.480 e. The predicted octanol–water partition coefficient (Wildman–Crippen LogP) is 1.07. The summed E-state index contributed by atoms with van der Waals surface area (Å²) in [6.07, 6.45) is 1.75. The fourth-order valence-electron chi connectivity index (χ4n) is 0.672. The Hall–Kier alpha value is -0.680. The first kappa shape index (κ1) is 13.3. The Bertz CT molecular complexity index is 245. The van der Waals surface area contributed by atoms with E-state index in [1.165, 1.54) is 6.08 Å². The second-order valence-corrected chi connectivity index (χ2v) is 5.91. The van der Waals surface area contributed by atoms with Crippen LogP contribution in [0.1, 0.15) is 27.2 Å². The van der Waals surface area contributed by atoms with Gasteiger partial charge in [0.1, 0.15) is 6.04 Å². The van der Waals surface area contributed by atoms with Crippen LogP contribution in [0.5, 0.6) is 0 Å². The van der Waals surface area contributed by atoms with Crippen molar-refractivity contribution < 1.29 is 14.1 Å². The SMILES string of the molecule is C=CC[C@@H](N[S@@](=O)C(C)(C)C)C(=O)O. The lowest BCUT2D eigenvalue weighted by atomic mass is 10.2. The lowest BCUT2D eigenvalue weighted by Crippen LogP contribution is -2.43. The van der Waals surface area contributed by atoms with E-state index in [9.17, 15) is 9.00 Å². The summed E-state index contributed by atoms with van der Waals surface area (Å²) < 4.78 is 13.7. The molecular formula is C9H17NO3S. The van der Waals surface area contributed by atoms with Gasteiger partial charge in [-0.3, -0.25) is 4.79 Å². The van der Waals surface area contributed by atoms with Crippen LogP contribution in [0, 0.1) is 0 Å². The molecule has 0 saturated carbocycles. The topological polar surface area (TPSA) is 66.4 Å². The summed E-state index contributed by atoms with van der Waals surface area (Å²) in [5.74, 6) is -1.01. The standard InChI is InChI=1S/C9H17NO3S/c1-5-6-7(8(11)12)10-14(13)9(2,3)4/h5,7,10H,1,6H2,2-4H3,(H,11,12)/t7-,14+/m1/s1. The number of hydrogen-bond donors (Lipinski definition) is 2. The molecule has 82 valence electrons. The van der Waals surface area contributed by atoms with E-state index in [4.69, 9.17) is 5.11 Å². The summed E-state index contributed by atoms with van der Waals surface area (Å²) in [4.78, 5) is 10.7. The molecule has 14 heavy (non-hydrogen) atoms. The van der Waals surface area contributed by atoms with E-state index >= 15 is 0 Å². The zero-order valence-electron chi connectivity index (χ0n) is 8.74. The number of carboxylic acid groups (broad SMARTS) is 1. The van der Waals surface area contributed by atoms with Gasteiger partial charge in [-0.25, -0.2) is 8.93 Å². The second kappa shape index (κ2) is 5.26.